The van der Waals surface area contributed by atoms with E-state index in [1.165, 1.54) is 6.08 Å². The molecule has 0 aliphatic carbocycles. The van der Waals surface area contributed by atoms with Crippen molar-refractivity contribution < 1.29 is 10.2 Å². The van der Waals surface area contributed by atoms with Gasteiger partial charge in [-0.15, -0.1) is 17.7 Å². The molecule has 0 saturated heterocycles. The summed E-state index contributed by atoms with van der Waals surface area (Å²) in [6.07, 6.45) is 1.33. The number of fused-ring (bicyclic) bond motifs is 1. The Hall–Kier alpha value is -2.93. The van der Waals surface area contributed by atoms with Gasteiger partial charge in [-0.2, -0.15) is 0 Å². The molecule has 2 aromatic carbocycles. The fraction of sp³-hybridized carbons (Fsp3) is 0.158. The van der Waals surface area contributed by atoms with Crippen LogP contribution in [0.3, 0.4) is 0 Å². The molecule has 0 amide bonds. The fourth-order valence-electron chi connectivity index (χ4n) is 3.22. The first-order chi connectivity index (χ1) is 12.6. The van der Waals surface area contributed by atoms with Crippen molar-refractivity contribution in [2.75, 3.05) is 13.1 Å². The second kappa shape index (κ2) is 6.42. The fourth-order valence-corrected chi connectivity index (χ4v) is 3.47. The van der Waals surface area contributed by atoms with E-state index in [1.807, 2.05) is 49.4 Å². The molecular formula is C19H18N4O2S. The molecule has 0 unspecified atom stereocenters. The highest BCUT2D eigenvalue weighted by Gasteiger charge is 2.25. The van der Waals surface area contributed by atoms with Gasteiger partial charge in [0.2, 0.25) is 0 Å². The van der Waals surface area contributed by atoms with Crippen LogP contribution in [0, 0.1) is 0 Å². The molecule has 26 heavy (non-hydrogen) atoms. The minimum absolute atomic E-state index is 0.0340. The van der Waals surface area contributed by atoms with E-state index in [2.05, 4.69) is 22.9 Å². The molecular weight excluding hydrogens is 348 g/mol. The number of aromatic nitrogens is 3. The molecule has 2 N–H and O–H groups in total. The Kier molecular flexibility index (Phi) is 4.08. The Balaban J connectivity index is 1.94. The molecule has 132 valence electrons. The maximum Gasteiger partial charge on any atom is 0.190 e. The first-order valence-corrected chi connectivity index (χ1v) is 8.75. The monoisotopic (exact) mass is 366 g/mol. The number of benzene rings is 2. The summed E-state index contributed by atoms with van der Waals surface area (Å²) in [7, 11) is 0. The highest BCUT2D eigenvalue weighted by molar-refractivity contribution is 7.80. The van der Waals surface area contributed by atoms with Crippen molar-refractivity contribution in [2.45, 2.75) is 11.9 Å². The van der Waals surface area contributed by atoms with Crippen LogP contribution in [0.4, 0.5) is 0 Å². The number of aliphatic hydroxyl groups excluding tert-OH is 2. The van der Waals surface area contributed by atoms with Crippen molar-refractivity contribution in [3.05, 3.63) is 60.2 Å². The van der Waals surface area contributed by atoms with Crippen molar-refractivity contribution in [3.8, 4) is 11.3 Å². The molecule has 3 aromatic rings. The average Bonchev–Trinajstić information content (AvgIpc) is 3.02. The maximum atomic E-state index is 10.4. The van der Waals surface area contributed by atoms with Crippen molar-refractivity contribution in [1.82, 2.24) is 19.9 Å². The maximum absolute atomic E-state index is 10.4. The summed E-state index contributed by atoms with van der Waals surface area (Å²) in [5.74, 6) is -0.00130. The van der Waals surface area contributed by atoms with E-state index >= 15 is 0 Å². The van der Waals surface area contributed by atoms with E-state index in [9.17, 15) is 10.2 Å². The van der Waals surface area contributed by atoms with Crippen molar-refractivity contribution in [3.63, 3.8) is 0 Å². The highest BCUT2D eigenvalue weighted by atomic mass is 32.1. The number of thiol groups is 1. The number of aliphatic hydroxyl groups is 2. The lowest BCUT2D eigenvalue weighted by atomic mass is 10.0. The number of allylic oxidation sites excluding steroid dienone is 1. The third kappa shape index (κ3) is 2.61. The Labute approximate surface area is 156 Å². The number of likely N-dealkylation sites (N-methyl/N-ethyl adjacent to an activating group) is 1. The minimum atomic E-state index is -0.0353. The van der Waals surface area contributed by atoms with Gasteiger partial charge in [-0.3, -0.25) is 0 Å². The summed E-state index contributed by atoms with van der Waals surface area (Å²) in [4.78, 5) is 1.74. The van der Waals surface area contributed by atoms with E-state index in [0.717, 1.165) is 16.3 Å². The molecule has 1 aliphatic heterocycles. The van der Waals surface area contributed by atoms with Crippen LogP contribution in [-0.4, -0.2) is 43.2 Å². The quantitative estimate of drug-likeness (QED) is 0.614. The van der Waals surface area contributed by atoms with Crippen molar-refractivity contribution in [1.29, 1.82) is 0 Å². The number of hydrogen-bond acceptors (Lipinski definition) is 6. The first kappa shape index (κ1) is 16.5. The van der Waals surface area contributed by atoms with Crippen molar-refractivity contribution >= 4 is 29.1 Å². The summed E-state index contributed by atoms with van der Waals surface area (Å²) in [6.45, 7) is 2.85. The highest BCUT2D eigenvalue weighted by Crippen LogP contribution is 2.34. The smallest absolute Gasteiger partial charge is 0.190 e. The van der Waals surface area contributed by atoms with Crippen LogP contribution in [-0.2, 0) is 0 Å². The number of hydrogen-bond donors (Lipinski definition) is 3. The van der Waals surface area contributed by atoms with Gasteiger partial charge in [-0.05, 0) is 17.7 Å². The average molecular weight is 366 g/mol. The molecule has 0 spiro atoms. The van der Waals surface area contributed by atoms with E-state index < -0.39 is 0 Å². The Bertz CT molecular complexity index is 1050. The number of rotatable bonds is 3. The van der Waals surface area contributed by atoms with E-state index in [-0.39, 0.29) is 11.6 Å². The Morgan fingerprint density at radius 3 is 2.69 bits per heavy atom. The lowest BCUT2D eigenvalue weighted by molar-refractivity contribution is 0.213. The first-order valence-electron chi connectivity index (χ1n) is 8.31. The van der Waals surface area contributed by atoms with Gasteiger partial charge in [0, 0.05) is 18.2 Å². The molecule has 0 bridgehead atoms. The summed E-state index contributed by atoms with van der Waals surface area (Å²) in [5, 5.41) is 31.3. The Morgan fingerprint density at radius 1 is 1.12 bits per heavy atom. The molecule has 4 rings (SSSR count). The van der Waals surface area contributed by atoms with Crippen LogP contribution in [0.5, 0.6) is 0 Å². The standard InChI is InChI=1S/C19H18N4O2S/c1-2-22-11-15(16(24)10-17(22)25)23-18(19(26)20-21-23)14-9-5-7-12-6-3-4-8-13(12)14/h3-10,24-26H,2,11H2,1H3. The van der Waals surface area contributed by atoms with Gasteiger partial charge in [0.05, 0.1) is 6.54 Å². The van der Waals surface area contributed by atoms with Crippen LogP contribution < -0.4 is 0 Å². The lowest BCUT2D eigenvalue weighted by Crippen LogP contribution is -2.30. The summed E-state index contributed by atoms with van der Waals surface area (Å²) in [5.41, 5.74) is 2.18. The predicted molar refractivity (Wildman–Crippen MR) is 104 cm³/mol. The van der Waals surface area contributed by atoms with Crippen LogP contribution >= 0.6 is 12.6 Å². The third-order valence-electron chi connectivity index (χ3n) is 4.56. The predicted octanol–water partition coefficient (Wildman–Crippen LogP) is 3.85. The second-order valence-corrected chi connectivity index (χ2v) is 6.47. The van der Waals surface area contributed by atoms with Gasteiger partial charge in [0.25, 0.3) is 0 Å². The molecule has 0 saturated carbocycles. The minimum Gasteiger partial charge on any atom is -0.506 e. The molecule has 0 atom stereocenters. The van der Waals surface area contributed by atoms with Crippen LogP contribution in [0.15, 0.2) is 65.2 Å². The summed E-state index contributed by atoms with van der Waals surface area (Å²) in [6, 6.07) is 14.1. The van der Waals surface area contributed by atoms with Gasteiger partial charge in [0.1, 0.15) is 22.2 Å². The Morgan fingerprint density at radius 2 is 1.88 bits per heavy atom. The molecule has 2 heterocycles. The second-order valence-electron chi connectivity index (χ2n) is 6.05. The SMILES string of the molecule is CCN1CC(n2nnc(S)c2-c2cccc3ccccc23)=C(O)C=C1O. The van der Waals surface area contributed by atoms with Crippen molar-refractivity contribution in [2.24, 2.45) is 0 Å². The zero-order valence-electron chi connectivity index (χ0n) is 14.2. The van der Waals surface area contributed by atoms with E-state index in [4.69, 9.17) is 0 Å². The third-order valence-corrected chi connectivity index (χ3v) is 4.86. The van der Waals surface area contributed by atoms with Gasteiger partial charge < -0.3 is 15.1 Å². The normalized spacial score (nSPS) is 14.8. The number of nitrogens with zero attached hydrogens (tertiary/aromatic N) is 4. The van der Waals surface area contributed by atoms with Gasteiger partial charge in [0.15, 0.2) is 5.88 Å². The topological polar surface area (TPSA) is 74.4 Å². The molecule has 6 nitrogen and oxygen atoms in total. The summed E-state index contributed by atoms with van der Waals surface area (Å²) < 4.78 is 1.60. The zero-order valence-corrected chi connectivity index (χ0v) is 15.1. The van der Waals surface area contributed by atoms with Crippen LogP contribution in [0.2, 0.25) is 0 Å². The van der Waals surface area contributed by atoms with Gasteiger partial charge in [-0.1, -0.05) is 47.7 Å². The van der Waals surface area contributed by atoms with Gasteiger partial charge in [-0.25, -0.2) is 4.68 Å². The van der Waals surface area contributed by atoms with E-state index in [1.54, 1.807) is 9.58 Å². The largest absolute Gasteiger partial charge is 0.506 e. The molecule has 1 aromatic heterocycles. The van der Waals surface area contributed by atoms with Crippen LogP contribution in [0.25, 0.3) is 27.7 Å². The van der Waals surface area contributed by atoms with E-state index in [0.29, 0.717) is 29.5 Å². The molecule has 0 radical (unpaired) electrons. The molecule has 1 aliphatic rings. The molecule has 7 heteroatoms. The molecule has 0 fully saturated rings. The lowest BCUT2D eigenvalue weighted by Gasteiger charge is -2.27. The summed E-state index contributed by atoms with van der Waals surface area (Å²) >= 11 is 4.49. The van der Waals surface area contributed by atoms with Crippen LogP contribution in [0.1, 0.15) is 6.92 Å². The van der Waals surface area contributed by atoms with Gasteiger partial charge >= 0.3 is 0 Å². The zero-order chi connectivity index (χ0) is 18.3.